The predicted molar refractivity (Wildman–Crippen MR) is 95.7 cm³/mol. The fourth-order valence-electron chi connectivity index (χ4n) is 2.94. The van der Waals surface area contributed by atoms with Crippen LogP contribution in [0.15, 0.2) is 49.2 Å². The molecule has 0 unspecified atom stereocenters. The Labute approximate surface area is 152 Å². The van der Waals surface area contributed by atoms with Gasteiger partial charge in [0, 0.05) is 24.2 Å². The average molecular weight is 361 g/mol. The molecular formula is C17H15N9O. The summed E-state index contributed by atoms with van der Waals surface area (Å²) < 4.78 is 5.20. The van der Waals surface area contributed by atoms with Crippen LogP contribution in [0.4, 0.5) is 0 Å². The summed E-state index contributed by atoms with van der Waals surface area (Å²) in [6.45, 7) is 0.975. The van der Waals surface area contributed by atoms with Crippen molar-refractivity contribution in [1.29, 1.82) is 0 Å². The van der Waals surface area contributed by atoms with E-state index in [4.69, 9.17) is 5.11 Å². The first-order valence-electron chi connectivity index (χ1n) is 8.42. The molecule has 0 aliphatic heterocycles. The van der Waals surface area contributed by atoms with Crippen molar-refractivity contribution in [2.24, 2.45) is 0 Å². The lowest BCUT2D eigenvalue weighted by Crippen LogP contribution is -2.04. The molecular weight excluding hydrogens is 346 g/mol. The first-order chi connectivity index (χ1) is 13.3. The molecule has 0 aliphatic carbocycles. The van der Waals surface area contributed by atoms with Gasteiger partial charge < -0.3 is 5.11 Å². The van der Waals surface area contributed by atoms with Gasteiger partial charge in [0.05, 0.1) is 43.3 Å². The van der Waals surface area contributed by atoms with Crippen LogP contribution in [0.25, 0.3) is 28.1 Å². The average Bonchev–Trinajstić information content (AvgIpc) is 3.41. The number of aromatic nitrogens is 9. The summed E-state index contributed by atoms with van der Waals surface area (Å²) in [5, 5.41) is 25.8. The monoisotopic (exact) mass is 361 g/mol. The molecule has 10 heteroatoms. The van der Waals surface area contributed by atoms with Crippen LogP contribution in [-0.4, -0.2) is 56.1 Å². The summed E-state index contributed by atoms with van der Waals surface area (Å²) in [5.74, 6) is 0. The minimum absolute atomic E-state index is 0.0309. The zero-order chi connectivity index (χ0) is 18.2. The molecule has 5 rings (SSSR count). The van der Waals surface area contributed by atoms with Crippen molar-refractivity contribution in [3.05, 3.63) is 54.7 Å². The molecule has 0 atom stereocenters. The maximum absolute atomic E-state index is 9.03. The Morgan fingerprint density at radius 1 is 1.04 bits per heavy atom. The number of hydrogen-bond acceptors (Lipinski definition) is 7. The molecule has 5 aromatic rings. The van der Waals surface area contributed by atoms with Crippen molar-refractivity contribution in [2.75, 3.05) is 6.61 Å². The van der Waals surface area contributed by atoms with E-state index in [9.17, 15) is 0 Å². The van der Waals surface area contributed by atoms with Crippen molar-refractivity contribution in [3.63, 3.8) is 0 Å². The smallest absolute Gasteiger partial charge is 0.221 e. The van der Waals surface area contributed by atoms with Crippen LogP contribution in [0.5, 0.6) is 0 Å². The minimum Gasteiger partial charge on any atom is -0.394 e. The van der Waals surface area contributed by atoms with E-state index in [1.807, 2.05) is 35.1 Å². The molecule has 0 amide bonds. The Balaban J connectivity index is 1.50. The van der Waals surface area contributed by atoms with E-state index in [0.717, 1.165) is 16.6 Å². The number of aliphatic hydroxyl groups excluding tert-OH is 1. The van der Waals surface area contributed by atoms with Crippen molar-refractivity contribution in [3.8, 4) is 11.3 Å². The molecule has 0 spiro atoms. The van der Waals surface area contributed by atoms with Crippen LogP contribution >= 0.6 is 0 Å². The van der Waals surface area contributed by atoms with Gasteiger partial charge in [-0.25, -0.2) is 19.2 Å². The molecule has 1 N–H and O–H groups in total. The largest absolute Gasteiger partial charge is 0.394 e. The van der Waals surface area contributed by atoms with E-state index < -0.39 is 0 Å². The normalized spacial score (nSPS) is 11.6. The van der Waals surface area contributed by atoms with Crippen LogP contribution in [0.2, 0.25) is 0 Å². The van der Waals surface area contributed by atoms with Gasteiger partial charge in [-0.15, -0.1) is 5.10 Å². The second kappa shape index (κ2) is 6.25. The highest BCUT2D eigenvalue weighted by Crippen LogP contribution is 2.18. The first kappa shape index (κ1) is 15.6. The number of hydrogen-bond donors (Lipinski definition) is 1. The highest BCUT2D eigenvalue weighted by Gasteiger charge is 2.12. The van der Waals surface area contributed by atoms with Gasteiger partial charge in [-0.2, -0.15) is 10.2 Å². The van der Waals surface area contributed by atoms with Crippen LogP contribution in [-0.2, 0) is 13.1 Å². The van der Waals surface area contributed by atoms with E-state index in [-0.39, 0.29) is 6.61 Å². The zero-order valence-corrected chi connectivity index (χ0v) is 14.2. The molecule has 10 nitrogen and oxygen atoms in total. The second-order valence-corrected chi connectivity index (χ2v) is 6.10. The molecule has 5 aromatic heterocycles. The van der Waals surface area contributed by atoms with Crippen molar-refractivity contribution >= 4 is 16.8 Å². The fraction of sp³-hybridized carbons (Fsp3) is 0.176. The molecule has 0 fully saturated rings. The highest BCUT2D eigenvalue weighted by atomic mass is 16.3. The Bertz CT molecular complexity index is 1240. The van der Waals surface area contributed by atoms with Gasteiger partial charge >= 0.3 is 0 Å². The molecule has 0 saturated heterocycles. The van der Waals surface area contributed by atoms with Crippen LogP contribution in [0.1, 0.15) is 5.56 Å². The fourth-order valence-corrected chi connectivity index (χ4v) is 2.94. The lowest BCUT2D eigenvalue weighted by Gasteiger charge is -2.04. The number of pyridine rings is 1. The molecule has 0 bridgehead atoms. The lowest BCUT2D eigenvalue weighted by atomic mass is 10.2. The summed E-state index contributed by atoms with van der Waals surface area (Å²) >= 11 is 0. The Morgan fingerprint density at radius 2 is 2.00 bits per heavy atom. The van der Waals surface area contributed by atoms with E-state index in [1.54, 1.807) is 28.0 Å². The van der Waals surface area contributed by atoms with E-state index in [0.29, 0.717) is 30.1 Å². The number of aliphatic hydroxyl groups is 1. The Morgan fingerprint density at radius 3 is 2.93 bits per heavy atom. The van der Waals surface area contributed by atoms with Gasteiger partial charge in [0.1, 0.15) is 0 Å². The van der Waals surface area contributed by atoms with Crippen molar-refractivity contribution < 1.29 is 5.11 Å². The summed E-state index contributed by atoms with van der Waals surface area (Å²) in [6.07, 6.45) is 8.90. The quantitative estimate of drug-likeness (QED) is 0.492. The molecule has 0 aliphatic rings. The third-order valence-electron chi connectivity index (χ3n) is 4.28. The van der Waals surface area contributed by atoms with Crippen molar-refractivity contribution in [1.82, 2.24) is 44.4 Å². The molecule has 5 heterocycles. The maximum atomic E-state index is 9.03. The molecule has 0 aromatic carbocycles. The Kier molecular flexibility index (Phi) is 3.61. The first-order valence-corrected chi connectivity index (χ1v) is 8.42. The Hall–Kier alpha value is -3.66. The van der Waals surface area contributed by atoms with Crippen LogP contribution in [0, 0.1) is 0 Å². The highest BCUT2D eigenvalue weighted by molar-refractivity contribution is 5.69. The minimum atomic E-state index is 0.0309. The second-order valence-electron chi connectivity index (χ2n) is 6.10. The molecule has 27 heavy (non-hydrogen) atoms. The zero-order valence-electron chi connectivity index (χ0n) is 14.2. The van der Waals surface area contributed by atoms with Gasteiger partial charge in [-0.3, -0.25) is 4.68 Å². The summed E-state index contributed by atoms with van der Waals surface area (Å²) in [6, 6.07) is 5.98. The topological polar surface area (TPSA) is 112 Å². The maximum Gasteiger partial charge on any atom is 0.221 e. The third-order valence-corrected chi connectivity index (χ3v) is 4.28. The van der Waals surface area contributed by atoms with Crippen LogP contribution < -0.4 is 0 Å². The molecule has 134 valence electrons. The van der Waals surface area contributed by atoms with E-state index in [1.165, 1.54) is 0 Å². The number of rotatable bonds is 5. The van der Waals surface area contributed by atoms with Gasteiger partial charge in [0.2, 0.25) is 5.65 Å². The SMILES string of the molecule is OCCn1cc(-c2cnc3nnn(Cc4ccc5ccnn5c4)c3n2)cn1. The summed E-state index contributed by atoms with van der Waals surface area (Å²) in [7, 11) is 0. The standard InChI is InChI=1S/C17H15N9O/c27-6-5-24-11-13(7-20-24)15-8-18-16-17(21-15)26(23-22-16)10-12-1-2-14-3-4-19-25(14)9-12/h1-4,7-9,11,27H,5-6,10H2. The van der Waals surface area contributed by atoms with Gasteiger partial charge in [0.15, 0.2) is 5.65 Å². The van der Waals surface area contributed by atoms with Gasteiger partial charge in [-0.1, -0.05) is 11.3 Å². The summed E-state index contributed by atoms with van der Waals surface area (Å²) in [4.78, 5) is 9.02. The molecule has 0 saturated carbocycles. The lowest BCUT2D eigenvalue weighted by molar-refractivity contribution is 0.269. The third kappa shape index (κ3) is 2.81. The number of fused-ring (bicyclic) bond motifs is 2. The predicted octanol–water partition coefficient (Wildman–Crippen LogP) is 0.773. The molecule has 0 radical (unpaired) electrons. The van der Waals surface area contributed by atoms with Crippen molar-refractivity contribution in [2.45, 2.75) is 13.1 Å². The van der Waals surface area contributed by atoms with Gasteiger partial charge in [0.25, 0.3) is 0 Å². The van der Waals surface area contributed by atoms with E-state index in [2.05, 4.69) is 30.5 Å². The number of nitrogens with zero attached hydrogens (tertiary/aromatic N) is 9. The van der Waals surface area contributed by atoms with Gasteiger partial charge in [-0.05, 0) is 17.7 Å². The van der Waals surface area contributed by atoms with E-state index >= 15 is 0 Å². The van der Waals surface area contributed by atoms with Crippen LogP contribution in [0.3, 0.4) is 0 Å². The summed E-state index contributed by atoms with van der Waals surface area (Å²) in [5.41, 5.74) is 4.65.